The van der Waals surface area contributed by atoms with Crippen LogP contribution in [0.3, 0.4) is 0 Å². The van der Waals surface area contributed by atoms with Crippen molar-refractivity contribution in [2.24, 2.45) is 5.41 Å². The molecule has 0 aliphatic heterocycles. The van der Waals surface area contributed by atoms with Gasteiger partial charge in [0.1, 0.15) is 0 Å². The average molecular weight is 226 g/mol. The molecule has 2 rings (SSSR count). The molecule has 17 heavy (non-hydrogen) atoms. The highest BCUT2D eigenvalue weighted by atomic mass is 14.4. The Hall–Kier alpha value is -1.30. The van der Waals surface area contributed by atoms with Crippen LogP contribution in [0.15, 0.2) is 30.9 Å². The third-order valence-electron chi connectivity index (χ3n) is 3.86. The summed E-state index contributed by atoms with van der Waals surface area (Å²) in [5, 5.41) is 0. The number of hydrogen-bond donors (Lipinski definition) is 0. The number of fused-ring (bicyclic) bond motifs is 1. The summed E-state index contributed by atoms with van der Waals surface area (Å²) in [7, 11) is 0. The standard InChI is InChI=1S/C17H22/c1-6-12-9-8-10-14-15(17(3,4)5)11-13(7-2)16(12)14/h6-10,15H,1,11H2,2-5H3/b13-7-. The summed E-state index contributed by atoms with van der Waals surface area (Å²) in [6.07, 6.45) is 5.41. The Kier molecular flexibility index (Phi) is 2.99. The largest absolute Gasteiger partial charge is 0.0984 e. The minimum Gasteiger partial charge on any atom is -0.0984 e. The smallest absolute Gasteiger partial charge is 0.00664 e. The first-order valence-corrected chi connectivity index (χ1v) is 6.40. The number of benzene rings is 1. The molecule has 1 aliphatic carbocycles. The van der Waals surface area contributed by atoms with Gasteiger partial charge in [-0.1, -0.05) is 57.7 Å². The van der Waals surface area contributed by atoms with Crippen molar-refractivity contribution < 1.29 is 0 Å². The van der Waals surface area contributed by atoms with Gasteiger partial charge in [-0.3, -0.25) is 0 Å². The molecule has 0 fully saturated rings. The Bertz CT molecular complexity index is 469. The quantitative estimate of drug-likeness (QED) is 0.612. The van der Waals surface area contributed by atoms with Gasteiger partial charge in [0.25, 0.3) is 0 Å². The minimum atomic E-state index is 0.319. The summed E-state index contributed by atoms with van der Waals surface area (Å²) in [6.45, 7) is 13.1. The maximum absolute atomic E-state index is 3.94. The summed E-state index contributed by atoms with van der Waals surface area (Å²) in [5.41, 5.74) is 6.02. The fourth-order valence-electron chi connectivity index (χ4n) is 2.89. The fourth-order valence-corrected chi connectivity index (χ4v) is 2.89. The molecule has 0 bridgehead atoms. The fraction of sp³-hybridized carbons (Fsp3) is 0.412. The molecule has 0 nitrogen and oxygen atoms in total. The molecule has 0 heteroatoms. The third-order valence-corrected chi connectivity index (χ3v) is 3.86. The van der Waals surface area contributed by atoms with Crippen LogP contribution in [-0.2, 0) is 0 Å². The lowest BCUT2D eigenvalue weighted by molar-refractivity contribution is 0.330. The molecule has 0 amide bonds. The molecular formula is C17H22. The van der Waals surface area contributed by atoms with Crippen molar-refractivity contribution in [1.82, 2.24) is 0 Å². The second-order valence-corrected chi connectivity index (χ2v) is 5.95. The maximum Gasteiger partial charge on any atom is -0.00664 e. The molecule has 1 unspecified atom stereocenters. The zero-order valence-corrected chi connectivity index (χ0v) is 11.4. The summed E-state index contributed by atoms with van der Waals surface area (Å²) in [6, 6.07) is 6.61. The van der Waals surface area contributed by atoms with Crippen LogP contribution in [0.5, 0.6) is 0 Å². The lowest BCUT2D eigenvalue weighted by Crippen LogP contribution is -2.15. The van der Waals surface area contributed by atoms with E-state index < -0.39 is 0 Å². The third kappa shape index (κ3) is 1.97. The van der Waals surface area contributed by atoms with Gasteiger partial charge in [-0.05, 0) is 46.9 Å². The summed E-state index contributed by atoms with van der Waals surface area (Å²) >= 11 is 0. The average Bonchev–Trinajstić information content (AvgIpc) is 2.67. The number of hydrogen-bond acceptors (Lipinski definition) is 0. The van der Waals surface area contributed by atoms with Gasteiger partial charge in [0.15, 0.2) is 0 Å². The highest BCUT2D eigenvalue weighted by molar-refractivity contribution is 5.80. The lowest BCUT2D eigenvalue weighted by atomic mass is 9.77. The van der Waals surface area contributed by atoms with E-state index in [2.05, 4.69) is 58.5 Å². The van der Waals surface area contributed by atoms with Crippen molar-refractivity contribution in [3.05, 3.63) is 47.5 Å². The van der Waals surface area contributed by atoms with E-state index in [0.717, 1.165) is 0 Å². The lowest BCUT2D eigenvalue weighted by Gasteiger charge is -2.27. The second kappa shape index (κ2) is 4.18. The molecule has 1 aromatic rings. The van der Waals surface area contributed by atoms with E-state index in [1.54, 1.807) is 0 Å². The summed E-state index contributed by atoms with van der Waals surface area (Å²) in [5.74, 6) is 0.628. The predicted octanol–water partition coefficient (Wildman–Crippen LogP) is 5.27. The van der Waals surface area contributed by atoms with Crippen molar-refractivity contribution in [3.8, 4) is 0 Å². The molecule has 90 valence electrons. The Morgan fingerprint density at radius 2 is 2.00 bits per heavy atom. The van der Waals surface area contributed by atoms with Crippen molar-refractivity contribution in [1.29, 1.82) is 0 Å². The van der Waals surface area contributed by atoms with E-state index in [4.69, 9.17) is 0 Å². The van der Waals surface area contributed by atoms with E-state index in [0.29, 0.717) is 11.3 Å². The first-order valence-electron chi connectivity index (χ1n) is 6.40. The zero-order chi connectivity index (χ0) is 12.6. The van der Waals surface area contributed by atoms with Gasteiger partial charge in [0.2, 0.25) is 0 Å². The summed E-state index contributed by atoms with van der Waals surface area (Å²) in [4.78, 5) is 0. The first-order chi connectivity index (χ1) is 7.99. The van der Waals surface area contributed by atoms with Gasteiger partial charge in [-0.2, -0.15) is 0 Å². The van der Waals surface area contributed by atoms with Crippen molar-refractivity contribution in [3.63, 3.8) is 0 Å². The molecule has 1 atom stereocenters. The SMILES string of the molecule is C=Cc1cccc2c1/C(=C\C)CC2C(C)(C)C. The molecular weight excluding hydrogens is 204 g/mol. The molecule has 0 aromatic heterocycles. The minimum absolute atomic E-state index is 0.319. The van der Waals surface area contributed by atoms with E-state index in [1.165, 1.54) is 28.7 Å². The molecule has 0 saturated heterocycles. The Balaban J connectivity index is 2.64. The highest BCUT2D eigenvalue weighted by Crippen LogP contribution is 2.50. The van der Waals surface area contributed by atoms with Gasteiger partial charge in [-0.25, -0.2) is 0 Å². The monoisotopic (exact) mass is 226 g/mol. The van der Waals surface area contributed by atoms with Crippen LogP contribution in [0.1, 0.15) is 56.7 Å². The molecule has 0 radical (unpaired) electrons. The van der Waals surface area contributed by atoms with Crippen molar-refractivity contribution >= 4 is 11.6 Å². The van der Waals surface area contributed by atoms with E-state index in [-0.39, 0.29) is 0 Å². The predicted molar refractivity (Wildman–Crippen MR) is 77.0 cm³/mol. The van der Waals surface area contributed by atoms with Gasteiger partial charge in [0, 0.05) is 0 Å². The van der Waals surface area contributed by atoms with Crippen molar-refractivity contribution in [2.75, 3.05) is 0 Å². The first kappa shape index (κ1) is 12.2. The van der Waals surface area contributed by atoms with E-state index >= 15 is 0 Å². The Labute approximate surface area is 105 Å². The number of rotatable bonds is 1. The molecule has 0 N–H and O–H groups in total. The van der Waals surface area contributed by atoms with E-state index in [1.807, 2.05) is 6.08 Å². The maximum atomic E-state index is 3.94. The normalized spacial score (nSPS) is 21.6. The molecule has 1 aliphatic rings. The zero-order valence-electron chi connectivity index (χ0n) is 11.4. The van der Waals surface area contributed by atoms with Crippen LogP contribution in [0, 0.1) is 5.41 Å². The highest BCUT2D eigenvalue weighted by Gasteiger charge is 2.35. The van der Waals surface area contributed by atoms with E-state index in [9.17, 15) is 0 Å². The van der Waals surface area contributed by atoms with Crippen LogP contribution in [0.2, 0.25) is 0 Å². The van der Waals surface area contributed by atoms with Crippen LogP contribution < -0.4 is 0 Å². The topological polar surface area (TPSA) is 0 Å². The summed E-state index contributed by atoms with van der Waals surface area (Å²) < 4.78 is 0. The second-order valence-electron chi connectivity index (χ2n) is 5.95. The van der Waals surface area contributed by atoms with Crippen LogP contribution in [0.4, 0.5) is 0 Å². The van der Waals surface area contributed by atoms with Gasteiger partial charge in [-0.15, -0.1) is 0 Å². The van der Waals surface area contributed by atoms with Crippen molar-refractivity contribution in [2.45, 2.75) is 40.0 Å². The van der Waals surface area contributed by atoms with Gasteiger partial charge < -0.3 is 0 Å². The van der Waals surface area contributed by atoms with Crippen LogP contribution in [0.25, 0.3) is 11.6 Å². The van der Waals surface area contributed by atoms with Gasteiger partial charge >= 0.3 is 0 Å². The Morgan fingerprint density at radius 3 is 2.53 bits per heavy atom. The molecule has 0 heterocycles. The number of allylic oxidation sites excluding steroid dienone is 2. The van der Waals surface area contributed by atoms with Gasteiger partial charge in [0.05, 0.1) is 0 Å². The van der Waals surface area contributed by atoms with Crippen LogP contribution >= 0.6 is 0 Å². The van der Waals surface area contributed by atoms with Crippen LogP contribution in [-0.4, -0.2) is 0 Å². The molecule has 1 aromatic carbocycles. The Morgan fingerprint density at radius 1 is 1.29 bits per heavy atom. The molecule has 0 saturated carbocycles. The molecule has 0 spiro atoms.